The van der Waals surface area contributed by atoms with E-state index in [1.165, 1.54) is 20.0 Å². The van der Waals surface area contributed by atoms with Crippen molar-refractivity contribution < 1.29 is 9.53 Å². The van der Waals surface area contributed by atoms with Crippen molar-refractivity contribution in [1.82, 2.24) is 10.6 Å². The second-order valence-electron chi connectivity index (χ2n) is 5.14. The predicted molar refractivity (Wildman–Crippen MR) is 110 cm³/mol. The first-order valence-corrected chi connectivity index (χ1v) is 8.15. The Bertz CT molecular complexity index is 492. The predicted octanol–water partition coefficient (Wildman–Crippen LogP) is 3.73. The second kappa shape index (κ2) is 13.9. The summed E-state index contributed by atoms with van der Waals surface area (Å²) < 4.78 is 4.56. The Morgan fingerprint density at radius 3 is 2.42 bits per heavy atom. The largest absolute Gasteiger partial charge is 0.453 e. The van der Waals surface area contributed by atoms with Gasteiger partial charge in [0.25, 0.3) is 0 Å². The van der Waals surface area contributed by atoms with Crippen LogP contribution in [0, 0.1) is 0 Å². The summed E-state index contributed by atoms with van der Waals surface area (Å²) in [6.07, 6.45) is 3.11. The highest BCUT2D eigenvalue weighted by molar-refractivity contribution is 14.0. The van der Waals surface area contributed by atoms with E-state index in [1.54, 1.807) is 0 Å². The molecule has 1 aromatic rings. The first kappa shape index (κ1) is 22.5. The minimum atomic E-state index is -0.471. The van der Waals surface area contributed by atoms with Crippen molar-refractivity contribution in [3.63, 3.8) is 0 Å². The molecular formula is C17H29IN4O2. The number of hydrogen-bond acceptors (Lipinski definition) is 3. The third-order valence-corrected chi connectivity index (χ3v) is 3.22. The van der Waals surface area contributed by atoms with Crippen LogP contribution in [0.5, 0.6) is 0 Å². The summed E-state index contributed by atoms with van der Waals surface area (Å²) in [7, 11) is 1.34. The molecule has 0 fully saturated rings. The van der Waals surface area contributed by atoms with E-state index in [0.29, 0.717) is 12.2 Å². The maximum absolute atomic E-state index is 11.1. The van der Waals surface area contributed by atoms with Crippen molar-refractivity contribution in [1.29, 1.82) is 0 Å². The van der Waals surface area contributed by atoms with Crippen molar-refractivity contribution in [2.24, 2.45) is 4.99 Å². The lowest BCUT2D eigenvalue weighted by molar-refractivity contribution is 0.187. The van der Waals surface area contributed by atoms with Crippen LogP contribution in [-0.2, 0) is 11.3 Å². The molecule has 0 aliphatic carbocycles. The third kappa shape index (κ3) is 9.59. The fourth-order valence-corrected chi connectivity index (χ4v) is 1.96. The Kier molecular flexibility index (Phi) is 13.0. The minimum absolute atomic E-state index is 0. The Hall–Kier alpha value is -1.51. The number of hydrogen-bond donors (Lipinski definition) is 3. The van der Waals surface area contributed by atoms with Crippen molar-refractivity contribution in [3.05, 3.63) is 29.8 Å². The minimum Gasteiger partial charge on any atom is -0.453 e. The topological polar surface area (TPSA) is 74.8 Å². The van der Waals surface area contributed by atoms with Crippen LogP contribution in [0.2, 0.25) is 0 Å². The van der Waals surface area contributed by atoms with Crippen LogP contribution in [0.3, 0.4) is 0 Å². The molecule has 1 aromatic carbocycles. The monoisotopic (exact) mass is 448 g/mol. The van der Waals surface area contributed by atoms with Gasteiger partial charge >= 0.3 is 6.09 Å². The Labute approximate surface area is 161 Å². The van der Waals surface area contributed by atoms with E-state index in [-0.39, 0.29) is 24.0 Å². The third-order valence-electron chi connectivity index (χ3n) is 3.22. The molecule has 0 unspecified atom stereocenters. The van der Waals surface area contributed by atoms with E-state index >= 15 is 0 Å². The van der Waals surface area contributed by atoms with E-state index in [0.717, 1.165) is 31.0 Å². The number of carbonyl (C=O) groups is 1. The van der Waals surface area contributed by atoms with E-state index in [4.69, 9.17) is 0 Å². The molecule has 0 aliphatic rings. The first-order chi connectivity index (χ1) is 11.2. The van der Waals surface area contributed by atoms with Crippen LogP contribution < -0.4 is 16.0 Å². The summed E-state index contributed by atoms with van der Waals surface area (Å²) in [6, 6.07) is 7.55. The van der Waals surface area contributed by atoms with Gasteiger partial charge in [-0.3, -0.25) is 5.32 Å². The summed E-state index contributed by atoms with van der Waals surface area (Å²) in [5.41, 5.74) is 1.78. The number of benzene rings is 1. The van der Waals surface area contributed by atoms with Gasteiger partial charge in [0.2, 0.25) is 0 Å². The van der Waals surface area contributed by atoms with Crippen LogP contribution in [0.25, 0.3) is 0 Å². The van der Waals surface area contributed by atoms with Crippen LogP contribution in [0.1, 0.15) is 38.7 Å². The van der Waals surface area contributed by atoms with E-state index in [9.17, 15) is 4.79 Å². The molecule has 0 saturated carbocycles. The molecule has 7 heteroatoms. The molecule has 0 bridgehead atoms. The number of nitrogens with one attached hydrogen (secondary N) is 3. The smallest absolute Gasteiger partial charge is 0.411 e. The number of amides is 1. The van der Waals surface area contributed by atoms with Gasteiger partial charge in [0, 0.05) is 18.8 Å². The molecule has 0 radical (unpaired) electrons. The molecule has 0 aliphatic heterocycles. The lowest BCUT2D eigenvalue weighted by Gasteiger charge is -2.11. The van der Waals surface area contributed by atoms with Crippen molar-refractivity contribution in [2.45, 2.75) is 39.7 Å². The fourth-order valence-electron chi connectivity index (χ4n) is 1.96. The summed E-state index contributed by atoms with van der Waals surface area (Å²) in [5, 5.41) is 9.20. The molecule has 0 atom stereocenters. The molecule has 24 heavy (non-hydrogen) atoms. The van der Waals surface area contributed by atoms with Gasteiger partial charge in [0.15, 0.2) is 5.96 Å². The molecule has 3 N–H and O–H groups in total. The average molecular weight is 448 g/mol. The Morgan fingerprint density at radius 1 is 1.12 bits per heavy atom. The molecule has 0 saturated heterocycles. The first-order valence-electron chi connectivity index (χ1n) is 8.15. The number of carbonyl (C=O) groups excluding carboxylic acids is 1. The molecule has 0 spiro atoms. The van der Waals surface area contributed by atoms with Crippen LogP contribution in [0.4, 0.5) is 10.5 Å². The molecule has 6 nitrogen and oxygen atoms in total. The molecule has 0 aromatic heterocycles. The van der Waals surface area contributed by atoms with Gasteiger partial charge in [-0.05, 0) is 31.0 Å². The van der Waals surface area contributed by atoms with Crippen LogP contribution >= 0.6 is 24.0 Å². The summed E-state index contributed by atoms with van der Waals surface area (Å²) in [4.78, 5) is 15.7. The van der Waals surface area contributed by atoms with Crippen molar-refractivity contribution in [2.75, 3.05) is 25.5 Å². The number of anilines is 1. The van der Waals surface area contributed by atoms with Crippen LogP contribution in [0.15, 0.2) is 29.3 Å². The van der Waals surface area contributed by atoms with Gasteiger partial charge in [-0.25, -0.2) is 9.79 Å². The average Bonchev–Trinajstić information content (AvgIpc) is 2.57. The molecule has 1 amide bonds. The quantitative estimate of drug-likeness (QED) is 0.245. The highest BCUT2D eigenvalue weighted by Crippen LogP contribution is 2.10. The second-order valence-corrected chi connectivity index (χ2v) is 5.14. The van der Waals surface area contributed by atoms with Gasteiger partial charge in [-0.15, -0.1) is 24.0 Å². The number of rotatable bonds is 8. The van der Waals surface area contributed by atoms with Crippen LogP contribution in [-0.4, -0.2) is 32.3 Å². The zero-order valence-corrected chi connectivity index (χ0v) is 17.1. The molecule has 136 valence electrons. The maximum atomic E-state index is 11.1. The van der Waals surface area contributed by atoms with Gasteiger partial charge < -0.3 is 15.4 Å². The number of unbranched alkanes of at least 4 members (excludes halogenated alkanes) is 2. The molecular weight excluding hydrogens is 419 g/mol. The van der Waals surface area contributed by atoms with Gasteiger partial charge in [-0.2, -0.15) is 0 Å². The summed E-state index contributed by atoms with van der Waals surface area (Å²) in [6.45, 7) is 6.60. The number of aliphatic imine (C=N–C) groups is 1. The SMILES string of the molecule is CCCCCNC(=NCc1ccc(NC(=O)OC)cc1)NCC.I. The summed E-state index contributed by atoms with van der Waals surface area (Å²) >= 11 is 0. The molecule has 1 rings (SSSR count). The standard InChI is InChI=1S/C17H28N4O2.HI/c1-4-6-7-12-19-16(18-5-2)20-13-14-8-10-15(11-9-14)21-17(22)23-3;/h8-11H,4-7,12-13H2,1-3H3,(H,21,22)(H2,18,19,20);1H. The van der Waals surface area contributed by atoms with E-state index in [2.05, 4.69) is 39.5 Å². The van der Waals surface area contributed by atoms with Gasteiger partial charge in [-0.1, -0.05) is 31.9 Å². The highest BCUT2D eigenvalue weighted by atomic mass is 127. The van der Waals surface area contributed by atoms with Crippen molar-refractivity contribution >= 4 is 41.7 Å². The highest BCUT2D eigenvalue weighted by Gasteiger charge is 2.01. The zero-order valence-electron chi connectivity index (χ0n) is 14.7. The Balaban J connectivity index is 0.00000529. The normalized spacial score (nSPS) is 10.5. The lowest BCUT2D eigenvalue weighted by atomic mass is 10.2. The van der Waals surface area contributed by atoms with Gasteiger partial charge in [0.1, 0.15) is 0 Å². The Morgan fingerprint density at radius 2 is 1.83 bits per heavy atom. The number of methoxy groups -OCH3 is 1. The van der Waals surface area contributed by atoms with Crippen molar-refractivity contribution in [3.8, 4) is 0 Å². The zero-order chi connectivity index (χ0) is 16.9. The molecule has 0 heterocycles. The summed E-state index contributed by atoms with van der Waals surface area (Å²) in [5.74, 6) is 0.834. The number of ether oxygens (including phenoxy) is 1. The number of halogens is 1. The van der Waals surface area contributed by atoms with E-state index in [1.807, 2.05) is 24.3 Å². The fraction of sp³-hybridized carbons (Fsp3) is 0.529. The lowest BCUT2D eigenvalue weighted by Crippen LogP contribution is -2.37. The maximum Gasteiger partial charge on any atom is 0.411 e. The van der Waals surface area contributed by atoms with E-state index < -0.39 is 6.09 Å². The number of nitrogens with zero attached hydrogens (tertiary/aromatic N) is 1. The number of guanidine groups is 1. The van der Waals surface area contributed by atoms with Gasteiger partial charge in [0.05, 0.1) is 13.7 Å².